The molecule has 2 N–H and O–H groups in total. The molecule has 0 saturated carbocycles. The van der Waals surface area contributed by atoms with E-state index < -0.39 is 0 Å². The number of nitrogens with one attached hydrogen (secondary N) is 1. The van der Waals surface area contributed by atoms with Gasteiger partial charge in [-0.15, -0.1) is 0 Å². The summed E-state index contributed by atoms with van der Waals surface area (Å²) in [6.07, 6.45) is 2.33. The second kappa shape index (κ2) is 11.7. The molecular formula is C5H10N2NiO2-2. The van der Waals surface area contributed by atoms with Crippen LogP contribution in [0.5, 0.6) is 0 Å². The Bertz CT molecular complexity index is 97.6. The largest absolute Gasteiger partial charge is 0.553 e. The summed E-state index contributed by atoms with van der Waals surface area (Å²) >= 11 is 4.24. The summed E-state index contributed by atoms with van der Waals surface area (Å²) in [5.41, 5.74) is 0. The summed E-state index contributed by atoms with van der Waals surface area (Å²) in [6.45, 7) is 3.59. The molecule has 0 aromatic rings. The summed E-state index contributed by atoms with van der Waals surface area (Å²) < 4.78 is 0.300. The molecule has 10 heavy (non-hydrogen) atoms. The molecule has 0 aromatic heterocycles. The number of nitroso groups, excluding NO2 is 1. The van der Waals surface area contributed by atoms with E-state index in [9.17, 15) is 4.91 Å². The van der Waals surface area contributed by atoms with Crippen molar-refractivity contribution in [3.05, 3.63) is 17.7 Å². The standard InChI is InChI=1S/C5H8NO.H2NO.Ni/c1-2-3-4-5-6-7;1-2;/h1-4H2;1-2H;/q2*-1;. The van der Waals surface area contributed by atoms with Gasteiger partial charge in [-0.05, 0) is 0 Å². The summed E-state index contributed by atoms with van der Waals surface area (Å²) in [6, 6.07) is 0. The zero-order valence-corrected chi connectivity index (χ0v) is 6.43. The van der Waals surface area contributed by atoms with Crippen molar-refractivity contribution in [1.82, 2.24) is 0 Å². The van der Waals surface area contributed by atoms with E-state index in [-0.39, 0.29) is 0 Å². The Morgan fingerprint density at radius 3 is 2.50 bits per heavy atom. The molecule has 0 aliphatic rings. The van der Waals surface area contributed by atoms with Crippen LogP contribution in [-0.4, -0.2) is 9.82 Å². The van der Waals surface area contributed by atoms with Crippen LogP contribution in [0.15, 0.2) is 5.18 Å². The van der Waals surface area contributed by atoms with Gasteiger partial charge in [0.15, 0.2) is 0 Å². The van der Waals surface area contributed by atoms with Crippen LogP contribution in [0, 0.1) is 11.8 Å². The Hall–Kier alpha value is -0.116. The summed E-state index contributed by atoms with van der Waals surface area (Å²) in [5.74, 6) is 4.75. The van der Waals surface area contributed by atoms with Crippen LogP contribution in [0.25, 0.3) is 5.90 Å². The van der Waals surface area contributed by atoms with Crippen LogP contribution in [0.1, 0.15) is 19.3 Å². The molecule has 0 bridgehead atoms. The van der Waals surface area contributed by atoms with Crippen molar-refractivity contribution in [3.63, 3.8) is 0 Å². The molecule has 0 radical (unpaired) electrons. The SMILES string of the molecule is [CH2-]CCC[C](=[Ni])N=O.[NH-]O. The third kappa shape index (κ3) is 10.8. The minimum Gasteiger partial charge on any atom is -0.553 e. The molecule has 64 valence electrons. The normalized spacial score (nSPS) is 7.70. The second-order valence-corrected chi connectivity index (χ2v) is 1.96. The van der Waals surface area contributed by atoms with Gasteiger partial charge in [-0.25, -0.2) is 0 Å². The van der Waals surface area contributed by atoms with Crippen molar-refractivity contribution in [1.29, 1.82) is 0 Å². The first-order chi connectivity index (χ1) is 4.81. The third-order valence-corrected chi connectivity index (χ3v) is 1.05. The quantitative estimate of drug-likeness (QED) is 0.317. The Balaban J connectivity index is 0. The van der Waals surface area contributed by atoms with E-state index in [1.54, 1.807) is 0 Å². The van der Waals surface area contributed by atoms with E-state index in [1.165, 1.54) is 0 Å². The fourth-order valence-electron chi connectivity index (χ4n) is 0.306. The molecule has 0 amide bonds. The van der Waals surface area contributed by atoms with E-state index in [0.717, 1.165) is 12.8 Å². The molecule has 4 nitrogen and oxygen atoms in total. The van der Waals surface area contributed by atoms with E-state index in [0.29, 0.717) is 11.0 Å². The van der Waals surface area contributed by atoms with Crippen LogP contribution >= 0.6 is 0 Å². The number of hydrogen-bond donors (Lipinski definition) is 1. The van der Waals surface area contributed by atoms with Crippen LogP contribution in [-0.2, 0) is 15.0 Å². The van der Waals surface area contributed by atoms with Gasteiger partial charge < -0.3 is 11.1 Å². The van der Waals surface area contributed by atoms with Crippen LogP contribution in [0.2, 0.25) is 0 Å². The Morgan fingerprint density at radius 2 is 2.20 bits per heavy atom. The fraction of sp³-hybridized carbons (Fsp3) is 0.600. The Morgan fingerprint density at radius 1 is 1.70 bits per heavy atom. The van der Waals surface area contributed by atoms with Crippen LogP contribution in [0.4, 0.5) is 0 Å². The van der Waals surface area contributed by atoms with Gasteiger partial charge in [0.25, 0.3) is 0 Å². The number of rotatable bonds is 4. The van der Waals surface area contributed by atoms with E-state index in [2.05, 4.69) is 27.1 Å². The first-order valence-corrected chi connectivity index (χ1v) is 3.14. The molecule has 5 heteroatoms. The first-order valence-electron chi connectivity index (χ1n) is 2.64. The second-order valence-electron chi connectivity index (χ2n) is 1.39. The topological polar surface area (TPSA) is 73.5 Å². The zero-order chi connectivity index (χ0) is 8.41. The monoisotopic (exact) mass is 188 g/mol. The molecule has 0 saturated heterocycles. The third-order valence-electron chi connectivity index (χ3n) is 0.711. The fourth-order valence-corrected chi connectivity index (χ4v) is 0.480. The van der Waals surface area contributed by atoms with Gasteiger partial charge in [0.1, 0.15) is 0 Å². The van der Waals surface area contributed by atoms with E-state index in [4.69, 9.17) is 11.1 Å². The maximum atomic E-state index is 9.61. The predicted molar refractivity (Wildman–Crippen MR) is 36.1 cm³/mol. The molecule has 0 unspecified atom stereocenters. The maximum Gasteiger partial charge on any atom is -0.502 e. The average Bonchev–Trinajstić information content (AvgIpc) is 2.04. The van der Waals surface area contributed by atoms with Crippen molar-refractivity contribution < 1.29 is 20.2 Å². The van der Waals surface area contributed by atoms with Crippen LogP contribution in [0.3, 0.4) is 0 Å². The molecular weight excluding hydrogens is 179 g/mol. The molecule has 0 atom stereocenters. The van der Waals surface area contributed by atoms with Crippen LogP contribution < -0.4 is 0 Å². The zero-order valence-electron chi connectivity index (χ0n) is 5.45. The van der Waals surface area contributed by atoms with E-state index >= 15 is 0 Å². The summed E-state index contributed by atoms with van der Waals surface area (Å²) in [7, 11) is 0. The molecule has 0 fully saturated rings. The summed E-state index contributed by atoms with van der Waals surface area (Å²) in [5, 5.41) is 8.85. The number of hydrogen-bond acceptors (Lipinski definition) is 3. The van der Waals surface area contributed by atoms with Gasteiger partial charge >= 0.3 is 55.9 Å². The van der Waals surface area contributed by atoms with E-state index in [1.807, 2.05) is 0 Å². The Kier molecular flexibility index (Phi) is 14.6. The predicted octanol–water partition coefficient (Wildman–Crippen LogP) is 1.86. The van der Waals surface area contributed by atoms with Gasteiger partial charge in [-0.3, -0.25) is 0 Å². The average molecular weight is 189 g/mol. The van der Waals surface area contributed by atoms with Crippen molar-refractivity contribution in [2.45, 2.75) is 19.3 Å². The molecule has 0 spiro atoms. The van der Waals surface area contributed by atoms with Gasteiger partial charge in [-0.2, -0.15) is 0 Å². The smallest absolute Gasteiger partial charge is 0.502 e. The van der Waals surface area contributed by atoms with Crippen molar-refractivity contribution in [3.8, 4) is 0 Å². The number of unbranched alkanes of at least 4 members (excludes halogenated alkanes) is 1. The van der Waals surface area contributed by atoms with Crippen molar-refractivity contribution in [2.24, 2.45) is 5.18 Å². The molecule has 0 aliphatic carbocycles. The molecule has 0 heterocycles. The molecule has 0 rings (SSSR count). The Labute approximate surface area is 67.6 Å². The van der Waals surface area contributed by atoms with Gasteiger partial charge in [-0.1, -0.05) is 0 Å². The first kappa shape index (κ1) is 12.5. The minimum atomic E-state index is 0.300. The minimum absolute atomic E-state index is 0.300. The number of nitrogens with zero attached hydrogens (tertiary/aromatic N) is 1. The molecule has 0 aromatic carbocycles. The summed E-state index contributed by atoms with van der Waals surface area (Å²) in [4.78, 5) is 9.61. The van der Waals surface area contributed by atoms with Gasteiger partial charge in [0.2, 0.25) is 0 Å². The van der Waals surface area contributed by atoms with Crippen molar-refractivity contribution in [2.75, 3.05) is 0 Å². The van der Waals surface area contributed by atoms with Gasteiger partial charge in [0.05, 0.1) is 0 Å². The molecule has 0 aliphatic heterocycles. The maximum absolute atomic E-state index is 9.61. The van der Waals surface area contributed by atoms with Crippen molar-refractivity contribution >= 4 is 4.61 Å². The van der Waals surface area contributed by atoms with Gasteiger partial charge in [0, 0.05) is 0 Å².